The van der Waals surface area contributed by atoms with Gasteiger partial charge in [-0.2, -0.15) is 0 Å². The summed E-state index contributed by atoms with van der Waals surface area (Å²) in [4.78, 5) is 22.8. The lowest BCUT2D eigenvalue weighted by Crippen LogP contribution is -2.46. The number of ether oxygens (including phenoxy) is 1. The highest BCUT2D eigenvalue weighted by atomic mass is 28.4. The largest absolute Gasteiger partial charge is 0.500 e. The number of carbonyl (C=O) groups excluding carboxylic acids is 2. The molecule has 0 atom stereocenters. The molecule has 0 fully saturated rings. The van der Waals surface area contributed by atoms with Crippen molar-refractivity contribution in [2.24, 2.45) is 0 Å². The molecule has 8 nitrogen and oxygen atoms in total. The Bertz CT molecular complexity index is 402. The molecule has 9 heteroatoms. The Morgan fingerprint density at radius 1 is 0.960 bits per heavy atom. The third-order valence-corrected chi connectivity index (χ3v) is 6.16. The van der Waals surface area contributed by atoms with Gasteiger partial charge in [0.15, 0.2) is 0 Å². The van der Waals surface area contributed by atoms with Gasteiger partial charge >= 0.3 is 20.8 Å². The Morgan fingerprint density at radius 3 is 1.96 bits per heavy atom. The van der Waals surface area contributed by atoms with Gasteiger partial charge in [0.05, 0.1) is 6.54 Å². The van der Waals surface area contributed by atoms with Gasteiger partial charge in [0.1, 0.15) is 6.61 Å². The van der Waals surface area contributed by atoms with E-state index in [2.05, 4.69) is 17.2 Å². The van der Waals surface area contributed by atoms with Crippen LogP contribution in [0.1, 0.15) is 34.1 Å². The monoisotopic (exact) mass is 376 g/mol. The van der Waals surface area contributed by atoms with E-state index >= 15 is 0 Å². The molecule has 2 N–H and O–H groups in total. The number of rotatable bonds is 14. The van der Waals surface area contributed by atoms with Crippen molar-refractivity contribution < 1.29 is 27.6 Å². The molecule has 2 amide bonds. The van der Waals surface area contributed by atoms with Gasteiger partial charge in [-0.05, 0) is 34.1 Å². The molecular formula is C16H32N2O6Si. The second-order valence-corrected chi connectivity index (χ2v) is 7.92. The van der Waals surface area contributed by atoms with E-state index < -0.39 is 14.8 Å². The molecule has 146 valence electrons. The van der Waals surface area contributed by atoms with Crippen LogP contribution in [0.25, 0.3) is 0 Å². The average molecular weight is 377 g/mol. The molecule has 0 aromatic rings. The summed E-state index contributed by atoms with van der Waals surface area (Å²) in [6.45, 7) is 13.2. The molecule has 0 aromatic carbocycles. The number of esters is 1. The molecule has 0 bridgehead atoms. The van der Waals surface area contributed by atoms with Crippen molar-refractivity contribution in [2.45, 2.75) is 40.2 Å². The standard InChI is InChI=1S/C16H32N2O6Si/c1-6-22-25(23-7-2,24-8-3)13-9-10-17-16(20)18-11-12-21-15(19)14(4)5/h4,6-13H2,1-3,5H3,(H2,17,18,20). The van der Waals surface area contributed by atoms with Crippen molar-refractivity contribution in [1.82, 2.24) is 10.6 Å². The quantitative estimate of drug-likeness (QED) is 0.208. The Balaban J connectivity index is 4.01. The summed E-state index contributed by atoms with van der Waals surface area (Å²) in [6.07, 6.45) is 0.685. The normalized spacial score (nSPS) is 11.0. The predicted octanol–water partition coefficient (Wildman–Crippen LogP) is 1.84. The lowest BCUT2D eigenvalue weighted by Gasteiger charge is -2.28. The molecule has 0 radical (unpaired) electrons. The van der Waals surface area contributed by atoms with Crippen LogP contribution < -0.4 is 10.6 Å². The van der Waals surface area contributed by atoms with Crippen LogP contribution in [-0.4, -0.2) is 60.3 Å². The van der Waals surface area contributed by atoms with E-state index in [4.69, 9.17) is 18.0 Å². The van der Waals surface area contributed by atoms with E-state index in [-0.39, 0.29) is 19.2 Å². The first kappa shape index (κ1) is 23.6. The van der Waals surface area contributed by atoms with E-state index in [1.165, 1.54) is 0 Å². The number of urea groups is 1. The highest BCUT2D eigenvalue weighted by Crippen LogP contribution is 2.17. The minimum Gasteiger partial charge on any atom is -0.460 e. The van der Waals surface area contributed by atoms with E-state index in [0.717, 1.165) is 0 Å². The smallest absolute Gasteiger partial charge is 0.460 e. The number of nitrogens with one attached hydrogen (secondary N) is 2. The lowest BCUT2D eigenvalue weighted by molar-refractivity contribution is -0.138. The topological polar surface area (TPSA) is 95.1 Å². The van der Waals surface area contributed by atoms with E-state index in [1.54, 1.807) is 6.92 Å². The summed E-state index contributed by atoms with van der Waals surface area (Å²) in [5.74, 6) is -0.466. The van der Waals surface area contributed by atoms with E-state index in [0.29, 0.717) is 44.4 Å². The van der Waals surface area contributed by atoms with Gasteiger partial charge < -0.3 is 28.6 Å². The average Bonchev–Trinajstić information content (AvgIpc) is 2.56. The van der Waals surface area contributed by atoms with Crippen molar-refractivity contribution in [3.05, 3.63) is 12.2 Å². The van der Waals surface area contributed by atoms with E-state index in [1.807, 2.05) is 20.8 Å². The first-order valence-electron chi connectivity index (χ1n) is 8.66. The molecule has 0 aliphatic rings. The third-order valence-electron chi connectivity index (χ3n) is 3.01. The van der Waals surface area contributed by atoms with Crippen molar-refractivity contribution >= 4 is 20.8 Å². The van der Waals surface area contributed by atoms with Crippen LogP contribution in [0.2, 0.25) is 6.04 Å². The summed E-state index contributed by atoms with van der Waals surface area (Å²) in [6, 6.07) is 0.321. The fraction of sp³-hybridized carbons (Fsp3) is 0.750. The molecule has 0 aliphatic carbocycles. The molecule has 0 saturated carbocycles. The summed E-state index contributed by atoms with van der Waals surface area (Å²) >= 11 is 0. The first-order chi connectivity index (χ1) is 11.9. The predicted molar refractivity (Wildman–Crippen MR) is 97.2 cm³/mol. The number of carbonyl (C=O) groups is 2. The van der Waals surface area contributed by atoms with Crippen LogP contribution in [0.15, 0.2) is 12.2 Å². The fourth-order valence-corrected chi connectivity index (χ4v) is 4.61. The zero-order valence-electron chi connectivity index (χ0n) is 15.8. The number of hydrogen-bond donors (Lipinski definition) is 2. The molecule has 0 unspecified atom stereocenters. The van der Waals surface area contributed by atoms with Gasteiger partial charge in [0, 0.05) is 38.0 Å². The molecule has 25 heavy (non-hydrogen) atoms. The zero-order chi connectivity index (χ0) is 19.1. The summed E-state index contributed by atoms with van der Waals surface area (Å²) < 4.78 is 22.1. The van der Waals surface area contributed by atoms with Crippen molar-refractivity contribution in [2.75, 3.05) is 39.5 Å². The van der Waals surface area contributed by atoms with Gasteiger partial charge in [0.2, 0.25) is 0 Å². The second-order valence-electron chi connectivity index (χ2n) is 5.18. The highest BCUT2D eigenvalue weighted by molar-refractivity contribution is 6.60. The lowest BCUT2D eigenvalue weighted by atomic mass is 10.4. The van der Waals surface area contributed by atoms with Gasteiger partial charge in [-0.25, -0.2) is 9.59 Å². The highest BCUT2D eigenvalue weighted by Gasteiger charge is 2.39. The summed E-state index contributed by atoms with van der Waals surface area (Å²) in [7, 11) is -2.66. The Morgan fingerprint density at radius 2 is 1.48 bits per heavy atom. The molecule has 0 rings (SSSR count). The Labute approximate surface area is 151 Å². The Kier molecular flexibility index (Phi) is 13.0. The van der Waals surface area contributed by atoms with Crippen LogP contribution in [0, 0.1) is 0 Å². The van der Waals surface area contributed by atoms with Gasteiger partial charge in [-0.3, -0.25) is 0 Å². The van der Waals surface area contributed by atoms with Crippen molar-refractivity contribution in [3.8, 4) is 0 Å². The van der Waals surface area contributed by atoms with Crippen LogP contribution in [0.3, 0.4) is 0 Å². The molecule has 0 heterocycles. The zero-order valence-corrected chi connectivity index (χ0v) is 16.8. The van der Waals surface area contributed by atoms with Crippen LogP contribution in [-0.2, 0) is 22.8 Å². The fourth-order valence-electron chi connectivity index (χ4n) is 2.00. The molecule has 0 saturated heterocycles. The maximum absolute atomic E-state index is 11.7. The van der Waals surface area contributed by atoms with E-state index in [9.17, 15) is 9.59 Å². The SMILES string of the molecule is C=C(C)C(=O)OCCNC(=O)NCCC[Si](OCC)(OCC)OCC. The van der Waals surface area contributed by atoms with Crippen molar-refractivity contribution in [1.29, 1.82) is 0 Å². The summed E-state index contributed by atoms with van der Waals surface area (Å²) in [5.41, 5.74) is 0.329. The minimum absolute atomic E-state index is 0.105. The molecule has 0 aromatic heterocycles. The van der Waals surface area contributed by atoms with Crippen LogP contribution in [0.4, 0.5) is 4.79 Å². The van der Waals surface area contributed by atoms with Gasteiger partial charge in [-0.1, -0.05) is 6.58 Å². The minimum atomic E-state index is -2.66. The molecule has 0 spiro atoms. The molecular weight excluding hydrogens is 344 g/mol. The number of amides is 2. The number of hydrogen-bond acceptors (Lipinski definition) is 6. The molecule has 0 aliphatic heterocycles. The second kappa shape index (κ2) is 13.8. The summed E-state index contributed by atoms with van der Waals surface area (Å²) in [5, 5.41) is 5.35. The maximum atomic E-state index is 11.7. The third kappa shape index (κ3) is 10.9. The Hall–Kier alpha value is -1.42. The van der Waals surface area contributed by atoms with Crippen molar-refractivity contribution in [3.63, 3.8) is 0 Å². The van der Waals surface area contributed by atoms with Gasteiger partial charge in [-0.15, -0.1) is 0 Å². The van der Waals surface area contributed by atoms with Crippen LogP contribution in [0.5, 0.6) is 0 Å². The first-order valence-corrected chi connectivity index (χ1v) is 10.6. The van der Waals surface area contributed by atoms with Crippen LogP contribution >= 0.6 is 0 Å². The maximum Gasteiger partial charge on any atom is 0.500 e. The van der Waals surface area contributed by atoms with Gasteiger partial charge in [0.25, 0.3) is 0 Å².